The third-order valence-corrected chi connectivity index (χ3v) is 5.37. The van der Waals surface area contributed by atoms with E-state index in [1.165, 1.54) is 0 Å². The highest BCUT2D eigenvalue weighted by Crippen LogP contribution is 2.41. The molecule has 88 valence electrons. The first-order valence-corrected chi connectivity index (χ1v) is 7.58. The summed E-state index contributed by atoms with van der Waals surface area (Å²) in [4.78, 5) is 0. The van der Waals surface area contributed by atoms with Gasteiger partial charge in [-0.3, -0.25) is 0 Å². The minimum Gasteiger partial charge on any atom is -0.496 e. The standard InChI is InChI=1S/C14H15O2P/c1-16-13-10-6-7-11-14(13)17(2,15)12-8-4-3-5-9-12/h3-11H,1-2H3/t17-/m1/s1. The van der Waals surface area contributed by atoms with E-state index in [1.54, 1.807) is 13.8 Å². The topological polar surface area (TPSA) is 26.3 Å². The van der Waals surface area contributed by atoms with Crippen molar-refractivity contribution < 1.29 is 9.30 Å². The average molecular weight is 246 g/mol. The molecule has 17 heavy (non-hydrogen) atoms. The van der Waals surface area contributed by atoms with Crippen molar-refractivity contribution in [3.8, 4) is 5.75 Å². The van der Waals surface area contributed by atoms with Crippen LogP contribution < -0.4 is 15.3 Å². The van der Waals surface area contributed by atoms with Gasteiger partial charge in [0.2, 0.25) is 0 Å². The molecule has 0 saturated carbocycles. The largest absolute Gasteiger partial charge is 0.496 e. The van der Waals surface area contributed by atoms with E-state index >= 15 is 0 Å². The summed E-state index contributed by atoms with van der Waals surface area (Å²) in [6.07, 6.45) is 0. The molecule has 2 aromatic carbocycles. The van der Waals surface area contributed by atoms with E-state index in [-0.39, 0.29) is 0 Å². The fraction of sp³-hybridized carbons (Fsp3) is 0.143. The van der Waals surface area contributed by atoms with Crippen LogP contribution in [0, 0.1) is 0 Å². The van der Waals surface area contributed by atoms with E-state index in [0.717, 1.165) is 10.6 Å². The van der Waals surface area contributed by atoms with Gasteiger partial charge in [0, 0.05) is 5.30 Å². The van der Waals surface area contributed by atoms with Gasteiger partial charge in [0.1, 0.15) is 12.9 Å². The van der Waals surface area contributed by atoms with Crippen molar-refractivity contribution in [2.75, 3.05) is 13.8 Å². The summed E-state index contributed by atoms with van der Waals surface area (Å²) in [6.45, 7) is 1.78. The summed E-state index contributed by atoms with van der Waals surface area (Å²) in [7, 11) is -0.975. The minimum absolute atomic E-state index is 0.683. The van der Waals surface area contributed by atoms with Gasteiger partial charge in [-0.05, 0) is 18.8 Å². The molecule has 0 bridgehead atoms. The van der Waals surface area contributed by atoms with Crippen LogP contribution in [0.1, 0.15) is 0 Å². The Balaban J connectivity index is 2.56. The maximum atomic E-state index is 12.9. The molecule has 3 heteroatoms. The third kappa shape index (κ3) is 2.27. The van der Waals surface area contributed by atoms with Crippen molar-refractivity contribution in [2.45, 2.75) is 0 Å². The van der Waals surface area contributed by atoms with Gasteiger partial charge >= 0.3 is 0 Å². The number of rotatable bonds is 3. The Bertz CT molecular complexity index is 549. The van der Waals surface area contributed by atoms with Crippen LogP contribution in [0.2, 0.25) is 0 Å². The second kappa shape index (κ2) is 4.77. The molecule has 0 heterocycles. The van der Waals surface area contributed by atoms with Crippen LogP contribution in [0.3, 0.4) is 0 Å². The average Bonchev–Trinajstić information content (AvgIpc) is 2.39. The summed E-state index contributed by atoms with van der Waals surface area (Å²) < 4.78 is 18.2. The Kier molecular flexibility index (Phi) is 3.35. The van der Waals surface area contributed by atoms with Gasteiger partial charge in [0.05, 0.1) is 12.4 Å². The smallest absolute Gasteiger partial charge is 0.143 e. The first kappa shape index (κ1) is 11.9. The first-order valence-electron chi connectivity index (χ1n) is 5.43. The van der Waals surface area contributed by atoms with Crippen molar-refractivity contribution in [3.63, 3.8) is 0 Å². The van der Waals surface area contributed by atoms with Crippen molar-refractivity contribution in [1.29, 1.82) is 0 Å². The molecular formula is C14H15O2P. The highest BCUT2D eigenvalue weighted by atomic mass is 31.2. The fourth-order valence-corrected chi connectivity index (χ4v) is 3.81. The van der Waals surface area contributed by atoms with Crippen LogP contribution in [0.5, 0.6) is 5.75 Å². The van der Waals surface area contributed by atoms with Gasteiger partial charge in [-0.1, -0.05) is 42.5 Å². The first-order chi connectivity index (χ1) is 8.16. The number of hydrogen-bond acceptors (Lipinski definition) is 2. The molecule has 2 aromatic rings. The fourth-order valence-electron chi connectivity index (χ4n) is 1.83. The van der Waals surface area contributed by atoms with Crippen LogP contribution in [-0.4, -0.2) is 13.8 Å². The molecule has 0 aliphatic heterocycles. The molecule has 0 aliphatic rings. The SMILES string of the molecule is COc1ccccc1[P@](C)(=O)c1ccccc1. The summed E-state index contributed by atoms with van der Waals surface area (Å²) in [6, 6.07) is 17.0. The van der Waals surface area contributed by atoms with E-state index in [0.29, 0.717) is 5.75 Å². The molecule has 0 aliphatic carbocycles. The van der Waals surface area contributed by atoms with Gasteiger partial charge in [0.15, 0.2) is 0 Å². The Morgan fingerprint density at radius 2 is 1.53 bits per heavy atom. The van der Waals surface area contributed by atoms with E-state index in [2.05, 4.69) is 0 Å². The van der Waals surface area contributed by atoms with Crippen LogP contribution in [-0.2, 0) is 4.57 Å². The van der Waals surface area contributed by atoms with Gasteiger partial charge in [-0.25, -0.2) is 0 Å². The predicted molar refractivity (Wildman–Crippen MR) is 72.2 cm³/mol. The van der Waals surface area contributed by atoms with Gasteiger partial charge in [0.25, 0.3) is 0 Å². The summed E-state index contributed by atoms with van der Waals surface area (Å²) >= 11 is 0. The second-order valence-corrected chi connectivity index (χ2v) is 6.78. The number of methoxy groups -OCH3 is 1. The summed E-state index contributed by atoms with van der Waals surface area (Å²) in [5.41, 5.74) is 0. The maximum Gasteiger partial charge on any atom is 0.143 e. The molecule has 1 atom stereocenters. The molecule has 0 N–H and O–H groups in total. The van der Waals surface area contributed by atoms with Crippen LogP contribution in [0.4, 0.5) is 0 Å². The second-order valence-electron chi connectivity index (χ2n) is 3.93. The highest BCUT2D eigenvalue weighted by Gasteiger charge is 2.24. The van der Waals surface area contributed by atoms with E-state index in [4.69, 9.17) is 4.74 Å². The van der Waals surface area contributed by atoms with Gasteiger partial charge in [-0.2, -0.15) is 0 Å². The van der Waals surface area contributed by atoms with Crippen LogP contribution in [0.15, 0.2) is 54.6 Å². The summed E-state index contributed by atoms with van der Waals surface area (Å²) in [5, 5.41) is 1.62. The van der Waals surface area contributed by atoms with E-state index < -0.39 is 7.14 Å². The van der Waals surface area contributed by atoms with E-state index in [9.17, 15) is 4.57 Å². The summed E-state index contributed by atoms with van der Waals surface area (Å²) in [5.74, 6) is 0.683. The van der Waals surface area contributed by atoms with Crippen molar-refractivity contribution in [3.05, 3.63) is 54.6 Å². The molecule has 0 aromatic heterocycles. The highest BCUT2D eigenvalue weighted by molar-refractivity contribution is 7.78. The quantitative estimate of drug-likeness (QED) is 0.778. The molecule has 2 rings (SSSR count). The number of hydrogen-bond donors (Lipinski definition) is 0. The van der Waals surface area contributed by atoms with Gasteiger partial charge in [-0.15, -0.1) is 0 Å². The van der Waals surface area contributed by atoms with Crippen LogP contribution in [0.25, 0.3) is 0 Å². The predicted octanol–water partition coefficient (Wildman–Crippen LogP) is 2.64. The Morgan fingerprint density at radius 1 is 0.941 bits per heavy atom. The van der Waals surface area contributed by atoms with E-state index in [1.807, 2.05) is 54.6 Å². The zero-order chi connectivity index (χ0) is 12.3. The molecule has 0 spiro atoms. The Morgan fingerprint density at radius 3 is 2.18 bits per heavy atom. The lowest BCUT2D eigenvalue weighted by Crippen LogP contribution is -2.16. The zero-order valence-electron chi connectivity index (χ0n) is 9.96. The third-order valence-electron chi connectivity index (χ3n) is 2.79. The van der Waals surface area contributed by atoms with Crippen molar-refractivity contribution in [1.82, 2.24) is 0 Å². The minimum atomic E-state index is -2.58. The lowest BCUT2D eigenvalue weighted by Gasteiger charge is -2.16. The van der Waals surface area contributed by atoms with Gasteiger partial charge < -0.3 is 9.30 Å². The normalized spacial score (nSPS) is 14.0. The molecule has 0 radical (unpaired) electrons. The van der Waals surface area contributed by atoms with Crippen molar-refractivity contribution in [2.24, 2.45) is 0 Å². The maximum absolute atomic E-state index is 12.9. The van der Waals surface area contributed by atoms with Crippen molar-refractivity contribution >= 4 is 17.8 Å². The molecule has 2 nitrogen and oxygen atoms in total. The number of para-hydroxylation sites is 1. The molecule has 0 saturated heterocycles. The number of benzene rings is 2. The zero-order valence-corrected chi connectivity index (χ0v) is 10.9. The number of ether oxygens (including phenoxy) is 1. The lowest BCUT2D eigenvalue weighted by molar-refractivity contribution is 0.418. The van der Waals surface area contributed by atoms with Crippen LogP contribution >= 0.6 is 7.14 Å². The monoisotopic (exact) mass is 246 g/mol. The lowest BCUT2D eigenvalue weighted by atomic mass is 10.3. The Labute approximate surface area is 102 Å². The molecule has 0 unspecified atom stereocenters. The molecular weight excluding hydrogens is 231 g/mol. The molecule has 0 amide bonds. The molecule has 0 fully saturated rings. The Hall–Kier alpha value is -1.53.